The van der Waals surface area contributed by atoms with Crippen LogP contribution in [0.25, 0.3) is 17.2 Å². The van der Waals surface area contributed by atoms with Gasteiger partial charge < -0.3 is 14.2 Å². The zero-order valence-electron chi connectivity index (χ0n) is 19.5. The van der Waals surface area contributed by atoms with E-state index in [1.54, 1.807) is 17.0 Å². The van der Waals surface area contributed by atoms with Crippen LogP contribution in [-0.4, -0.2) is 33.7 Å². The van der Waals surface area contributed by atoms with E-state index < -0.39 is 15.9 Å². The summed E-state index contributed by atoms with van der Waals surface area (Å²) in [5.74, 6) is 0.676. The number of rotatable bonds is 7. The lowest BCUT2D eigenvalue weighted by molar-refractivity contribution is -0.674. The van der Waals surface area contributed by atoms with Crippen molar-refractivity contribution in [1.29, 1.82) is 0 Å². The molecule has 0 bridgehead atoms. The van der Waals surface area contributed by atoms with E-state index in [0.717, 1.165) is 29.6 Å². The van der Waals surface area contributed by atoms with Gasteiger partial charge in [-0.1, -0.05) is 35.3 Å². The van der Waals surface area contributed by atoms with Crippen molar-refractivity contribution in [2.75, 3.05) is 29.1 Å². The predicted molar refractivity (Wildman–Crippen MR) is 139 cm³/mol. The van der Waals surface area contributed by atoms with Gasteiger partial charge in [0, 0.05) is 12.6 Å². The number of carbonyl (C=O) groups is 1. The second kappa shape index (κ2) is 9.93. The van der Waals surface area contributed by atoms with Gasteiger partial charge >= 0.3 is 5.89 Å². The third kappa shape index (κ3) is 5.17. The molecule has 4 rings (SSSR count). The SMILES string of the molecule is CCN1C(=CC=Cc2oc3ccccc3[n+]2CC)N(CC(=O)NS(C)(=O)=O)c2cc(Cl)c(Cl)cc21. The molecule has 0 aliphatic carbocycles. The van der Waals surface area contributed by atoms with Crippen molar-refractivity contribution in [3.8, 4) is 0 Å². The molecule has 0 radical (unpaired) electrons. The Labute approximate surface area is 214 Å². The minimum Gasteiger partial charge on any atom is -0.398 e. The van der Waals surface area contributed by atoms with E-state index in [1.165, 1.54) is 0 Å². The van der Waals surface area contributed by atoms with E-state index in [4.69, 9.17) is 27.6 Å². The van der Waals surface area contributed by atoms with E-state index >= 15 is 0 Å². The molecule has 0 spiro atoms. The number of para-hydroxylation sites is 2. The van der Waals surface area contributed by atoms with Crippen molar-refractivity contribution in [3.63, 3.8) is 0 Å². The number of halogens is 2. The largest absolute Gasteiger partial charge is 0.398 e. The second-order valence-corrected chi connectivity index (χ2v) is 10.5. The van der Waals surface area contributed by atoms with Gasteiger partial charge in [-0.2, -0.15) is 4.57 Å². The van der Waals surface area contributed by atoms with Crippen LogP contribution in [0, 0.1) is 0 Å². The van der Waals surface area contributed by atoms with Crippen molar-refractivity contribution in [2.24, 2.45) is 0 Å². The Hall–Kier alpha value is -3.01. The molecular weight excluding hydrogens is 511 g/mol. The molecule has 0 unspecified atom stereocenters. The maximum Gasteiger partial charge on any atom is 0.374 e. The van der Waals surface area contributed by atoms with Crippen LogP contribution in [0.15, 0.2) is 58.8 Å². The summed E-state index contributed by atoms with van der Waals surface area (Å²) in [6.07, 6.45) is 6.46. The summed E-state index contributed by atoms with van der Waals surface area (Å²) in [6.45, 7) is 5.09. The molecule has 35 heavy (non-hydrogen) atoms. The van der Waals surface area contributed by atoms with Gasteiger partial charge in [-0.15, -0.1) is 0 Å². The predicted octanol–water partition coefficient (Wildman–Crippen LogP) is 4.32. The molecule has 0 atom stereocenters. The Morgan fingerprint density at radius 2 is 1.77 bits per heavy atom. The van der Waals surface area contributed by atoms with E-state index in [0.29, 0.717) is 34.0 Å². The Kier molecular flexibility index (Phi) is 7.12. The number of nitrogens with one attached hydrogen (secondary N) is 1. The van der Waals surface area contributed by atoms with Crippen LogP contribution in [0.5, 0.6) is 0 Å². The van der Waals surface area contributed by atoms with Gasteiger partial charge in [0.05, 0.1) is 33.8 Å². The van der Waals surface area contributed by atoms with Crippen LogP contribution in [-0.2, 0) is 21.4 Å². The first-order chi connectivity index (χ1) is 16.6. The molecule has 3 aromatic rings. The summed E-state index contributed by atoms with van der Waals surface area (Å²) >= 11 is 12.5. The Bertz CT molecular complexity index is 1460. The van der Waals surface area contributed by atoms with Crippen molar-refractivity contribution in [3.05, 3.63) is 70.3 Å². The van der Waals surface area contributed by atoms with Gasteiger partial charge in [0.25, 0.3) is 11.4 Å². The van der Waals surface area contributed by atoms with E-state index in [1.807, 2.05) is 66.0 Å². The van der Waals surface area contributed by atoms with Crippen LogP contribution in [0.4, 0.5) is 11.4 Å². The molecule has 2 aromatic carbocycles. The highest BCUT2D eigenvalue weighted by Gasteiger charge is 2.33. The van der Waals surface area contributed by atoms with Gasteiger partial charge in [-0.25, -0.2) is 8.42 Å². The first-order valence-corrected chi connectivity index (χ1v) is 13.6. The maximum atomic E-state index is 12.5. The van der Waals surface area contributed by atoms with Gasteiger partial charge in [-0.3, -0.25) is 9.52 Å². The van der Waals surface area contributed by atoms with Gasteiger partial charge in [0.15, 0.2) is 0 Å². The number of oxazole rings is 1. The quantitative estimate of drug-likeness (QED) is 0.453. The first-order valence-electron chi connectivity index (χ1n) is 11.0. The van der Waals surface area contributed by atoms with E-state index in [2.05, 4.69) is 4.57 Å². The normalized spacial score (nSPS) is 14.9. The molecule has 8 nitrogen and oxygen atoms in total. The standard InChI is InChI=1S/C24H24Cl2N4O4S/c1-4-28-19-13-16(25)17(26)14-20(19)30(15-22(31)27-35(3,32)33)23(28)11-8-12-24-29(5-2)18-9-6-7-10-21(18)34-24/h6-14H,4-5,15H2,1-3H3/p+1. The van der Waals surface area contributed by atoms with E-state index in [-0.39, 0.29) is 6.54 Å². The number of hydrogen-bond acceptors (Lipinski definition) is 6. The summed E-state index contributed by atoms with van der Waals surface area (Å²) in [6, 6.07) is 11.2. The third-order valence-corrected chi connectivity index (χ3v) is 6.83. The smallest absolute Gasteiger partial charge is 0.374 e. The highest BCUT2D eigenvalue weighted by Crippen LogP contribution is 2.45. The topological polar surface area (TPSA) is 86.7 Å². The number of aryl methyl sites for hydroxylation is 1. The lowest BCUT2D eigenvalue weighted by Crippen LogP contribution is -2.40. The van der Waals surface area contributed by atoms with Crippen LogP contribution in [0.3, 0.4) is 0 Å². The maximum absolute atomic E-state index is 12.5. The van der Waals surface area contributed by atoms with Crippen molar-refractivity contribution in [1.82, 2.24) is 4.72 Å². The highest BCUT2D eigenvalue weighted by atomic mass is 35.5. The molecule has 1 aliphatic rings. The molecule has 1 N–H and O–H groups in total. The molecule has 11 heteroatoms. The van der Waals surface area contributed by atoms with Gasteiger partial charge in [0.2, 0.25) is 15.6 Å². The molecule has 2 heterocycles. The van der Waals surface area contributed by atoms with Crippen molar-refractivity contribution >= 4 is 67.7 Å². The zero-order valence-corrected chi connectivity index (χ0v) is 21.8. The average Bonchev–Trinajstić information content (AvgIpc) is 3.27. The Balaban J connectivity index is 1.75. The average molecular weight is 536 g/mol. The molecule has 0 fully saturated rings. The molecule has 1 aliphatic heterocycles. The second-order valence-electron chi connectivity index (χ2n) is 7.92. The summed E-state index contributed by atoms with van der Waals surface area (Å²) in [5.41, 5.74) is 3.19. The lowest BCUT2D eigenvalue weighted by atomic mass is 10.2. The molecule has 1 aromatic heterocycles. The Morgan fingerprint density at radius 3 is 2.40 bits per heavy atom. The minimum absolute atomic E-state index is 0.228. The molecule has 0 saturated carbocycles. The molecule has 1 amide bonds. The van der Waals surface area contributed by atoms with Gasteiger partial charge in [-0.05, 0) is 44.2 Å². The highest BCUT2D eigenvalue weighted by molar-refractivity contribution is 7.89. The van der Waals surface area contributed by atoms with Crippen LogP contribution >= 0.6 is 23.2 Å². The lowest BCUT2D eigenvalue weighted by Gasteiger charge is -2.23. The molecular formula is C24H25Cl2N4O4S+. The van der Waals surface area contributed by atoms with Crippen molar-refractivity contribution in [2.45, 2.75) is 20.4 Å². The van der Waals surface area contributed by atoms with E-state index in [9.17, 15) is 13.2 Å². The number of benzene rings is 2. The third-order valence-electron chi connectivity index (χ3n) is 5.51. The summed E-state index contributed by atoms with van der Waals surface area (Å²) in [7, 11) is -3.70. The number of carbonyl (C=O) groups excluding carboxylic acids is 1. The number of allylic oxidation sites excluding steroid dienone is 2. The fraction of sp³-hybridized carbons (Fsp3) is 0.250. The van der Waals surface area contributed by atoms with Gasteiger partial charge in [0.1, 0.15) is 18.9 Å². The number of hydrogen-bond donors (Lipinski definition) is 1. The zero-order chi connectivity index (χ0) is 25.3. The Morgan fingerprint density at radius 1 is 1.11 bits per heavy atom. The number of sulfonamides is 1. The fourth-order valence-corrected chi connectivity index (χ4v) is 4.93. The van der Waals surface area contributed by atoms with Crippen molar-refractivity contribution < 1.29 is 22.2 Å². The van der Waals surface area contributed by atoms with Crippen LogP contribution in [0.1, 0.15) is 19.7 Å². The summed E-state index contributed by atoms with van der Waals surface area (Å²) < 4.78 is 33.3. The number of nitrogens with zero attached hydrogens (tertiary/aromatic N) is 3. The molecule has 184 valence electrons. The monoisotopic (exact) mass is 535 g/mol. The number of amides is 1. The first kappa shape index (κ1) is 25.1. The minimum atomic E-state index is -3.70. The molecule has 0 saturated heterocycles. The summed E-state index contributed by atoms with van der Waals surface area (Å²) in [4.78, 5) is 16.2. The van der Waals surface area contributed by atoms with Crippen LogP contribution < -0.4 is 19.1 Å². The number of fused-ring (bicyclic) bond motifs is 2. The number of anilines is 2. The summed E-state index contributed by atoms with van der Waals surface area (Å²) in [5, 5.41) is 0.713. The fourth-order valence-electron chi connectivity index (χ4n) is 4.13. The van der Waals surface area contributed by atoms with Crippen LogP contribution in [0.2, 0.25) is 10.0 Å². The number of aromatic nitrogens is 1.